The zero-order valence-corrected chi connectivity index (χ0v) is 16.5. The summed E-state index contributed by atoms with van der Waals surface area (Å²) in [5, 5.41) is 2.76. The van der Waals surface area contributed by atoms with Crippen molar-refractivity contribution in [1.29, 1.82) is 0 Å². The van der Waals surface area contributed by atoms with Crippen molar-refractivity contribution in [3.8, 4) is 0 Å². The number of hydrogen-bond acceptors (Lipinski definition) is 6. The molecular weight excluding hydrogens is 404 g/mol. The maximum absolute atomic E-state index is 12.2. The molecule has 28 heavy (non-hydrogen) atoms. The van der Waals surface area contributed by atoms with Crippen LogP contribution < -0.4 is 5.32 Å². The van der Waals surface area contributed by atoms with E-state index in [1.54, 1.807) is 18.2 Å². The van der Waals surface area contributed by atoms with Crippen LogP contribution in [0.4, 0.5) is 5.69 Å². The molecule has 0 bridgehead atoms. The summed E-state index contributed by atoms with van der Waals surface area (Å²) in [6, 6.07) is 9.33. The number of halogens is 1. The van der Waals surface area contributed by atoms with Crippen LogP contribution in [0, 0.1) is 0 Å². The third-order valence-corrected chi connectivity index (χ3v) is 5.16. The molecule has 0 spiro atoms. The number of carbonyl (C=O) groups excluding carboxylic acids is 4. The lowest BCUT2D eigenvalue weighted by atomic mass is 10.1. The van der Waals surface area contributed by atoms with E-state index < -0.39 is 30.3 Å². The maximum Gasteiger partial charge on any atom is 0.340 e. The van der Waals surface area contributed by atoms with Crippen LogP contribution >= 0.6 is 23.4 Å². The predicted molar refractivity (Wildman–Crippen MR) is 105 cm³/mol. The van der Waals surface area contributed by atoms with E-state index in [0.29, 0.717) is 5.69 Å². The lowest BCUT2D eigenvalue weighted by Gasteiger charge is -2.09. The summed E-state index contributed by atoms with van der Waals surface area (Å²) in [6.45, 7) is -0.525. The molecule has 144 valence electrons. The summed E-state index contributed by atoms with van der Waals surface area (Å²) in [5.74, 6) is -2.13. The Labute approximate surface area is 170 Å². The Bertz CT molecular complexity index is 1010. The van der Waals surface area contributed by atoms with Crippen LogP contribution in [0.3, 0.4) is 0 Å². The first-order valence-corrected chi connectivity index (χ1v) is 9.69. The second-order valence-corrected chi connectivity index (χ2v) is 7.19. The molecule has 9 heteroatoms. The van der Waals surface area contributed by atoms with E-state index in [9.17, 15) is 19.2 Å². The second kappa shape index (κ2) is 8.04. The van der Waals surface area contributed by atoms with Crippen LogP contribution in [-0.4, -0.2) is 48.5 Å². The second-order valence-electron chi connectivity index (χ2n) is 5.90. The molecule has 0 atom stereocenters. The Balaban J connectivity index is 1.63. The van der Waals surface area contributed by atoms with Crippen molar-refractivity contribution in [1.82, 2.24) is 4.90 Å². The lowest BCUT2D eigenvalue weighted by molar-refractivity contribution is -0.119. The Hall–Kier alpha value is -2.84. The first-order valence-electron chi connectivity index (χ1n) is 8.08. The number of benzene rings is 2. The smallest absolute Gasteiger partial charge is 0.340 e. The van der Waals surface area contributed by atoms with E-state index in [1.165, 1.54) is 37.0 Å². The van der Waals surface area contributed by atoms with Crippen molar-refractivity contribution in [3.05, 3.63) is 58.1 Å². The molecule has 0 aliphatic carbocycles. The van der Waals surface area contributed by atoms with E-state index in [1.807, 2.05) is 6.26 Å². The van der Waals surface area contributed by atoms with Gasteiger partial charge in [0.1, 0.15) is 0 Å². The number of ether oxygens (including phenoxy) is 1. The Morgan fingerprint density at radius 3 is 2.54 bits per heavy atom. The van der Waals surface area contributed by atoms with Gasteiger partial charge in [-0.25, -0.2) is 4.79 Å². The van der Waals surface area contributed by atoms with Crippen molar-refractivity contribution >= 4 is 52.7 Å². The van der Waals surface area contributed by atoms with Gasteiger partial charge in [-0.1, -0.05) is 11.6 Å². The number of carbonyl (C=O) groups is 4. The molecule has 1 aliphatic rings. The molecule has 1 N–H and O–H groups in total. The van der Waals surface area contributed by atoms with Gasteiger partial charge in [-0.3, -0.25) is 19.3 Å². The first-order chi connectivity index (χ1) is 13.3. The molecule has 2 aromatic rings. The highest BCUT2D eigenvalue weighted by Gasteiger charge is 2.32. The third kappa shape index (κ3) is 3.88. The average Bonchev–Trinajstić information content (AvgIpc) is 2.90. The van der Waals surface area contributed by atoms with Crippen molar-refractivity contribution in [2.75, 3.05) is 25.2 Å². The summed E-state index contributed by atoms with van der Waals surface area (Å²) in [4.78, 5) is 50.0. The number of amides is 3. The summed E-state index contributed by atoms with van der Waals surface area (Å²) in [5.41, 5.74) is 0.979. The SMILES string of the molecule is CSc1ccc(Cl)c(C(=O)OCC(=O)Nc2ccc3c(c2)C(=O)N(C)C3=O)c1. The minimum absolute atomic E-state index is 0.172. The van der Waals surface area contributed by atoms with Crippen LogP contribution in [0.1, 0.15) is 31.1 Å². The van der Waals surface area contributed by atoms with Crippen molar-refractivity contribution in [2.24, 2.45) is 0 Å². The van der Waals surface area contributed by atoms with Gasteiger partial charge < -0.3 is 10.1 Å². The van der Waals surface area contributed by atoms with Crippen LogP contribution in [-0.2, 0) is 9.53 Å². The standard InChI is InChI=1S/C19H15ClN2O5S/c1-22-17(24)12-5-3-10(7-13(12)18(22)25)21-16(23)9-27-19(26)14-8-11(28-2)4-6-15(14)20/h3-8H,9H2,1-2H3,(H,21,23). The molecule has 0 aromatic heterocycles. The molecule has 0 unspecified atom stereocenters. The van der Waals surface area contributed by atoms with Crippen molar-refractivity contribution in [2.45, 2.75) is 4.90 Å². The van der Waals surface area contributed by atoms with Gasteiger partial charge >= 0.3 is 5.97 Å². The highest BCUT2D eigenvalue weighted by molar-refractivity contribution is 7.98. The normalized spacial score (nSPS) is 12.8. The predicted octanol–water partition coefficient (Wildman–Crippen LogP) is 3.08. The molecule has 2 aromatic carbocycles. The fourth-order valence-electron chi connectivity index (χ4n) is 2.63. The summed E-state index contributed by atoms with van der Waals surface area (Å²) in [6.07, 6.45) is 1.86. The molecule has 3 rings (SSSR count). The van der Waals surface area contributed by atoms with E-state index in [2.05, 4.69) is 5.32 Å². The van der Waals surface area contributed by atoms with E-state index in [-0.39, 0.29) is 21.7 Å². The Morgan fingerprint density at radius 2 is 1.82 bits per heavy atom. The van der Waals surface area contributed by atoms with Crippen LogP contribution in [0.2, 0.25) is 5.02 Å². The first kappa shape index (κ1) is 19.9. The largest absolute Gasteiger partial charge is 0.452 e. The van der Waals surface area contributed by atoms with Gasteiger partial charge in [0.15, 0.2) is 6.61 Å². The number of hydrogen-bond donors (Lipinski definition) is 1. The van der Waals surface area contributed by atoms with Gasteiger partial charge in [0.25, 0.3) is 17.7 Å². The Kier molecular flexibility index (Phi) is 5.71. The highest BCUT2D eigenvalue weighted by atomic mass is 35.5. The molecule has 0 fully saturated rings. The van der Waals surface area contributed by atoms with E-state index in [0.717, 1.165) is 9.80 Å². The summed E-state index contributed by atoms with van der Waals surface area (Å²) in [7, 11) is 1.39. The summed E-state index contributed by atoms with van der Waals surface area (Å²) < 4.78 is 5.02. The molecule has 7 nitrogen and oxygen atoms in total. The van der Waals surface area contributed by atoms with Crippen LogP contribution in [0.15, 0.2) is 41.3 Å². The highest BCUT2D eigenvalue weighted by Crippen LogP contribution is 2.25. The van der Waals surface area contributed by atoms with Gasteiger partial charge in [0, 0.05) is 17.6 Å². The van der Waals surface area contributed by atoms with Gasteiger partial charge in [-0.05, 0) is 42.7 Å². The number of fused-ring (bicyclic) bond motifs is 1. The van der Waals surface area contributed by atoms with Crippen LogP contribution in [0.25, 0.3) is 0 Å². The monoisotopic (exact) mass is 418 g/mol. The number of rotatable bonds is 5. The molecule has 0 radical (unpaired) electrons. The lowest BCUT2D eigenvalue weighted by Crippen LogP contribution is -2.24. The van der Waals surface area contributed by atoms with Crippen molar-refractivity contribution < 1.29 is 23.9 Å². The molecule has 0 saturated carbocycles. The number of nitrogens with one attached hydrogen (secondary N) is 1. The topological polar surface area (TPSA) is 92.8 Å². The average molecular weight is 419 g/mol. The van der Waals surface area contributed by atoms with Crippen molar-refractivity contribution in [3.63, 3.8) is 0 Å². The maximum atomic E-state index is 12.2. The number of thioether (sulfide) groups is 1. The van der Waals surface area contributed by atoms with Gasteiger partial charge in [-0.15, -0.1) is 11.8 Å². The molecule has 0 saturated heterocycles. The number of nitrogens with zero attached hydrogens (tertiary/aromatic N) is 1. The number of anilines is 1. The molecule has 1 aliphatic heterocycles. The fourth-order valence-corrected chi connectivity index (χ4v) is 3.27. The zero-order valence-electron chi connectivity index (χ0n) is 14.9. The Morgan fingerprint density at radius 1 is 1.11 bits per heavy atom. The quantitative estimate of drug-likeness (QED) is 0.455. The van der Waals surface area contributed by atoms with E-state index >= 15 is 0 Å². The van der Waals surface area contributed by atoms with Gasteiger partial charge in [-0.2, -0.15) is 0 Å². The molecule has 1 heterocycles. The molecule has 3 amide bonds. The number of esters is 1. The number of imide groups is 1. The third-order valence-electron chi connectivity index (χ3n) is 4.10. The fraction of sp³-hybridized carbons (Fsp3) is 0.158. The zero-order chi connectivity index (χ0) is 20.4. The minimum Gasteiger partial charge on any atom is -0.452 e. The molecular formula is C19H15ClN2O5S. The summed E-state index contributed by atoms with van der Waals surface area (Å²) >= 11 is 7.46. The minimum atomic E-state index is -0.715. The van der Waals surface area contributed by atoms with E-state index in [4.69, 9.17) is 16.3 Å². The van der Waals surface area contributed by atoms with Gasteiger partial charge in [0.2, 0.25) is 0 Å². The van der Waals surface area contributed by atoms with Gasteiger partial charge in [0.05, 0.1) is 21.7 Å². The van der Waals surface area contributed by atoms with Crippen LogP contribution in [0.5, 0.6) is 0 Å².